The number of ether oxygens (including phenoxy) is 1. The minimum Gasteiger partial charge on any atom is -0.497 e. The molecular weight excluding hydrogens is 278 g/mol. The number of benzene rings is 1. The molecule has 0 aromatic heterocycles. The second-order valence-corrected chi connectivity index (χ2v) is 4.78. The van der Waals surface area contributed by atoms with Crippen LogP contribution in [0.25, 0.3) is 0 Å². The van der Waals surface area contributed by atoms with Crippen molar-refractivity contribution < 1.29 is 9.53 Å². The molecule has 1 unspecified atom stereocenters. The first-order valence-corrected chi connectivity index (χ1v) is 6.61. The summed E-state index contributed by atoms with van der Waals surface area (Å²) in [4.78, 5) is 14.1. The topological polar surface area (TPSA) is 67.6 Å². The Hall–Kier alpha value is -1.30. The van der Waals surface area contributed by atoms with Gasteiger partial charge in [-0.15, -0.1) is 12.4 Å². The molecule has 3 N–H and O–H groups in total. The summed E-state index contributed by atoms with van der Waals surface area (Å²) < 4.78 is 5.13. The van der Waals surface area contributed by atoms with E-state index in [1.807, 2.05) is 24.3 Å². The summed E-state index contributed by atoms with van der Waals surface area (Å²) in [6.45, 7) is 1.97. The molecule has 6 heteroatoms. The molecule has 1 saturated heterocycles. The van der Waals surface area contributed by atoms with Crippen molar-refractivity contribution in [1.82, 2.24) is 4.90 Å². The predicted octanol–water partition coefficient (Wildman–Crippen LogP) is 1.48. The Balaban J connectivity index is 0.00000200. The molecule has 0 aliphatic carbocycles. The minimum absolute atomic E-state index is 0. The van der Waals surface area contributed by atoms with Crippen molar-refractivity contribution in [3.63, 3.8) is 0 Å². The largest absolute Gasteiger partial charge is 0.497 e. The molecule has 1 heterocycles. The average molecular weight is 300 g/mol. The number of methoxy groups -OCH3 is 1. The third kappa shape index (κ3) is 4.37. The van der Waals surface area contributed by atoms with Crippen LogP contribution in [0.4, 0.5) is 5.69 Å². The Morgan fingerprint density at radius 2 is 2.35 bits per heavy atom. The molecule has 5 nitrogen and oxygen atoms in total. The maximum Gasteiger partial charge on any atom is 0.238 e. The molecule has 1 aromatic rings. The van der Waals surface area contributed by atoms with E-state index in [-0.39, 0.29) is 18.3 Å². The van der Waals surface area contributed by atoms with Crippen LogP contribution in [0.5, 0.6) is 5.75 Å². The van der Waals surface area contributed by atoms with Gasteiger partial charge >= 0.3 is 0 Å². The molecule has 0 bridgehead atoms. The van der Waals surface area contributed by atoms with Crippen LogP contribution >= 0.6 is 12.4 Å². The number of anilines is 1. The number of carbonyl (C=O) groups excluding carboxylic acids is 1. The maximum absolute atomic E-state index is 12.0. The van der Waals surface area contributed by atoms with E-state index in [9.17, 15) is 4.79 Å². The van der Waals surface area contributed by atoms with Crippen LogP contribution in [0.15, 0.2) is 24.3 Å². The monoisotopic (exact) mass is 299 g/mol. The first-order chi connectivity index (χ1) is 9.22. The summed E-state index contributed by atoms with van der Waals surface area (Å²) in [7, 11) is 1.61. The maximum atomic E-state index is 12.0. The Morgan fingerprint density at radius 1 is 1.55 bits per heavy atom. The van der Waals surface area contributed by atoms with E-state index in [0.29, 0.717) is 19.1 Å². The van der Waals surface area contributed by atoms with E-state index >= 15 is 0 Å². The van der Waals surface area contributed by atoms with Gasteiger partial charge in [-0.05, 0) is 31.5 Å². The number of carbonyl (C=O) groups is 1. The third-order valence-electron chi connectivity index (χ3n) is 3.47. The van der Waals surface area contributed by atoms with Gasteiger partial charge in [-0.3, -0.25) is 9.69 Å². The van der Waals surface area contributed by atoms with Crippen LogP contribution in [-0.4, -0.2) is 43.6 Å². The van der Waals surface area contributed by atoms with Crippen molar-refractivity contribution in [3.8, 4) is 5.75 Å². The Morgan fingerprint density at radius 3 is 3.05 bits per heavy atom. The standard InChI is InChI=1S/C14H21N3O2.ClH/c1-19-13-6-2-4-11(8-13)16-14(18)10-17-7-3-5-12(17)9-15;/h2,4,6,8,12H,3,5,7,9-10,15H2,1H3,(H,16,18);1H. The molecule has 0 radical (unpaired) electrons. The number of amides is 1. The van der Waals surface area contributed by atoms with E-state index in [2.05, 4.69) is 10.2 Å². The lowest BCUT2D eigenvalue weighted by Crippen LogP contribution is -2.40. The Kier molecular flexibility index (Phi) is 6.78. The van der Waals surface area contributed by atoms with Crippen molar-refractivity contribution in [3.05, 3.63) is 24.3 Å². The SMILES string of the molecule is COc1cccc(NC(=O)CN2CCCC2CN)c1.Cl. The molecule has 20 heavy (non-hydrogen) atoms. The van der Waals surface area contributed by atoms with Gasteiger partial charge in [-0.1, -0.05) is 6.07 Å². The quantitative estimate of drug-likeness (QED) is 0.864. The zero-order valence-electron chi connectivity index (χ0n) is 11.7. The second kappa shape index (κ2) is 8.09. The number of hydrogen-bond acceptors (Lipinski definition) is 4. The zero-order valence-corrected chi connectivity index (χ0v) is 12.5. The molecule has 1 atom stereocenters. The molecule has 1 aliphatic heterocycles. The molecule has 112 valence electrons. The van der Waals surface area contributed by atoms with E-state index in [1.165, 1.54) is 0 Å². The lowest BCUT2D eigenvalue weighted by Gasteiger charge is -2.22. The number of nitrogens with two attached hydrogens (primary N) is 1. The number of nitrogens with zero attached hydrogens (tertiary/aromatic N) is 1. The molecule has 1 amide bonds. The van der Waals surface area contributed by atoms with Crippen LogP contribution in [0.1, 0.15) is 12.8 Å². The summed E-state index contributed by atoms with van der Waals surface area (Å²) in [6, 6.07) is 7.71. The summed E-state index contributed by atoms with van der Waals surface area (Å²) in [5.41, 5.74) is 6.46. The Bertz CT molecular complexity index is 442. The number of rotatable bonds is 5. The van der Waals surface area contributed by atoms with Crippen LogP contribution < -0.4 is 15.8 Å². The van der Waals surface area contributed by atoms with Gasteiger partial charge in [0.25, 0.3) is 0 Å². The number of hydrogen-bond donors (Lipinski definition) is 2. The molecule has 2 rings (SSSR count). The molecule has 1 fully saturated rings. The summed E-state index contributed by atoms with van der Waals surface area (Å²) in [5, 5.41) is 2.89. The van der Waals surface area contributed by atoms with E-state index in [1.54, 1.807) is 7.11 Å². The van der Waals surface area contributed by atoms with Gasteiger partial charge in [0.2, 0.25) is 5.91 Å². The van der Waals surface area contributed by atoms with E-state index in [4.69, 9.17) is 10.5 Å². The van der Waals surface area contributed by atoms with E-state index < -0.39 is 0 Å². The highest BCUT2D eigenvalue weighted by molar-refractivity contribution is 5.92. The third-order valence-corrected chi connectivity index (χ3v) is 3.47. The van der Waals surface area contributed by atoms with Crippen LogP contribution in [0, 0.1) is 0 Å². The van der Waals surface area contributed by atoms with Crippen molar-refractivity contribution in [2.24, 2.45) is 5.73 Å². The summed E-state index contributed by atoms with van der Waals surface area (Å²) in [5.74, 6) is 0.729. The second-order valence-electron chi connectivity index (χ2n) is 4.78. The molecule has 0 spiro atoms. The van der Waals surface area contributed by atoms with Gasteiger partial charge < -0.3 is 15.8 Å². The molecule has 1 aromatic carbocycles. The van der Waals surface area contributed by atoms with Crippen LogP contribution in [-0.2, 0) is 4.79 Å². The zero-order chi connectivity index (χ0) is 13.7. The normalized spacial score (nSPS) is 18.4. The van der Waals surface area contributed by atoms with Gasteiger partial charge in [0.1, 0.15) is 5.75 Å². The van der Waals surface area contributed by atoms with Gasteiger partial charge in [-0.25, -0.2) is 0 Å². The Labute approximate surface area is 125 Å². The summed E-state index contributed by atoms with van der Waals surface area (Å²) in [6.07, 6.45) is 2.21. The van der Waals surface area contributed by atoms with Crippen molar-refractivity contribution in [2.45, 2.75) is 18.9 Å². The fourth-order valence-corrected chi connectivity index (χ4v) is 2.46. The fraction of sp³-hybridized carbons (Fsp3) is 0.500. The first kappa shape index (κ1) is 16.8. The predicted molar refractivity (Wildman–Crippen MR) is 82.5 cm³/mol. The van der Waals surface area contributed by atoms with Gasteiger partial charge in [0, 0.05) is 24.3 Å². The lowest BCUT2D eigenvalue weighted by molar-refractivity contribution is -0.117. The highest BCUT2D eigenvalue weighted by Gasteiger charge is 2.24. The minimum atomic E-state index is -0.00592. The summed E-state index contributed by atoms with van der Waals surface area (Å²) >= 11 is 0. The van der Waals surface area contributed by atoms with Crippen molar-refractivity contribution in [1.29, 1.82) is 0 Å². The first-order valence-electron chi connectivity index (χ1n) is 6.61. The fourth-order valence-electron chi connectivity index (χ4n) is 2.46. The van der Waals surface area contributed by atoms with E-state index in [0.717, 1.165) is 30.8 Å². The molecular formula is C14H22ClN3O2. The van der Waals surface area contributed by atoms with Gasteiger partial charge in [-0.2, -0.15) is 0 Å². The highest BCUT2D eigenvalue weighted by Crippen LogP contribution is 2.18. The lowest BCUT2D eigenvalue weighted by atomic mass is 10.2. The van der Waals surface area contributed by atoms with Crippen molar-refractivity contribution in [2.75, 3.05) is 32.1 Å². The van der Waals surface area contributed by atoms with Crippen molar-refractivity contribution >= 4 is 24.0 Å². The number of halogens is 1. The molecule has 0 saturated carbocycles. The number of likely N-dealkylation sites (tertiary alicyclic amines) is 1. The van der Waals surface area contributed by atoms with Crippen LogP contribution in [0.3, 0.4) is 0 Å². The van der Waals surface area contributed by atoms with Gasteiger partial charge in [0.05, 0.1) is 13.7 Å². The average Bonchev–Trinajstić information content (AvgIpc) is 2.86. The van der Waals surface area contributed by atoms with Crippen LogP contribution in [0.2, 0.25) is 0 Å². The number of nitrogens with one attached hydrogen (secondary N) is 1. The molecule has 1 aliphatic rings. The highest BCUT2D eigenvalue weighted by atomic mass is 35.5. The van der Waals surface area contributed by atoms with Gasteiger partial charge in [0.15, 0.2) is 0 Å². The smallest absolute Gasteiger partial charge is 0.238 e.